The smallest absolute Gasteiger partial charge is 0.170 e. The van der Waals surface area contributed by atoms with Gasteiger partial charge in [0, 0.05) is 31.2 Å². The highest BCUT2D eigenvalue weighted by Gasteiger charge is 2.04. The molecule has 0 fully saturated rings. The lowest BCUT2D eigenvalue weighted by Gasteiger charge is -2.10. The fraction of sp³-hybridized carbons (Fsp3) is 0.364. The summed E-state index contributed by atoms with van der Waals surface area (Å²) in [5.74, 6) is 0.443. The minimum Gasteiger partial charge on any atom is -0.388 e. The second-order valence-corrected chi connectivity index (χ2v) is 7.54. The first kappa shape index (κ1) is 27.4. The third-order valence-corrected chi connectivity index (χ3v) is 4.75. The topological polar surface area (TPSA) is 93.3 Å². The summed E-state index contributed by atoms with van der Waals surface area (Å²) in [6.45, 7) is 11.6. The van der Waals surface area contributed by atoms with Crippen LogP contribution in [0, 0.1) is 12.7 Å². The number of aldehydes is 1. The Hall–Kier alpha value is -2.58. The molecule has 1 aromatic carbocycles. The van der Waals surface area contributed by atoms with Crippen molar-refractivity contribution in [3.63, 3.8) is 0 Å². The molecule has 0 aliphatic heterocycles. The van der Waals surface area contributed by atoms with Crippen LogP contribution in [0.2, 0.25) is 0 Å². The fourth-order valence-corrected chi connectivity index (χ4v) is 2.77. The number of carbonyl (C=O) groups excluding carboxylic acids is 1. The number of hydrogen-bond acceptors (Lipinski definition) is 7. The van der Waals surface area contributed by atoms with Crippen LogP contribution >= 0.6 is 11.8 Å². The number of nitrogens with zero attached hydrogens (tertiary/aromatic N) is 3. The second-order valence-electron chi connectivity index (χ2n) is 6.43. The van der Waals surface area contributed by atoms with Crippen LogP contribution in [0.5, 0.6) is 0 Å². The number of nitrogens with two attached hydrogens (primary N) is 1. The van der Waals surface area contributed by atoms with Gasteiger partial charge in [-0.25, -0.2) is 9.37 Å². The summed E-state index contributed by atoms with van der Waals surface area (Å²) >= 11 is 1.70. The molecule has 30 heavy (non-hydrogen) atoms. The quantitative estimate of drug-likeness (QED) is 0.367. The maximum Gasteiger partial charge on any atom is 0.170 e. The third-order valence-electron chi connectivity index (χ3n) is 3.66. The molecule has 1 heterocycles. The van der Waals surface area contributed by atoms with Gasteiger partial charge in [0.25, 0.3) is 0 Å². The van der Waals surface area contributed by atoms with E-state index in [0.29, 0.717) is 23.9 Å². The van der Waals surface area contributed by atoms with E-state index >= 15 is 0 Å². The van der Waals surface area contributed by atoms with E-state index in [1.165, 1.54) is 28.8 Å². The number of benzene rings is 1. The molecule has 0 spiro atoms. The highest BCUT2D eigenvalue weighted by molar-refractivity contribution is 8.03. The van der Waals surface area contributed by atoms with Crippen molar-refractivity contribution >= 4 is 30.5 Å². The molecule has 0 amide bonds. The Kier molecular flexibility index (Phi) is 14.8. The molecule has 0 aliphatic carbocycles. The molecule has 2 rings (SSSR count). The number of aryl methyl sites for hydroxylation is 1. The highest BCUT2D eigenvalue weighted by Crippen LogP contribution is 2.24. The third kappa shape index (κ3) is 12.8. The first-order chi connectivity index (χ1) is 14.3. The van der Waals surface area contributed by atoms with Crippen molar-refractivity contribution < 1.29 is 9.18 Å². The number of nitrogens with one attached hydrogen (secondary N) is 1. The van der Waals surface area contributed by atoms with E-state index in [0.717, 1.165) is 17.8 Å². The van der Waals surface area contributed by atoms with Crippen molar-refractivity contribution in [2.24, 2.45) is 10.7 Å². The van der Waals surface area contributed by atoms with Crippen molar-refractivity contribution in [1.82, 2.24) is 9.97 Å². The first-order valence-corrected chi connectivity index (χ1v) is 10.4. The Balaban J connectivity index is 0.000000426. The first-order valence-electron chi connectivity index (χ1n) is 9.39. The summed E-state index contributed by atoms with van der Waals surface area (Å²) in [6, 6.07) is 6.52. The minimum absolute atomic E-state index is 0.200. The molecule has 1 atom stereocenters. The van der Waals surface area contributed by atoms with E-state index in [4.69, 9.17) is 5.73 Å². The SMILES string of the molecule is C=NC(C)CC(SCN)=C(C)C.CNc1ccc(F)cc1.Cc1cnc(C=O)cn1. The molecular formula is C22H32FN5OS. The molecule has 6 nitrogen and oxygen atoms in total. The summed E-state index contributed by atoms with van der Waals surface area (Å²) in [5, 5.41) is 2.89. The maximum absolute atomic E-state index is 12.2. The van der Waals surface area contributed by atoms with Crippen LogP contribution < -0.4 is 11.1 Å². The van der Waals surface area contributed by atoms with Crippen LogP contribution in [0.4, 0.5) is 10.1 Å². The normalized spacial score (nSPS) is 10.4. The largest absolute Gasteiger partial charge is 0.388 e. The van der Waals surface area contributed by atoms with E-state index < -0.39 is 0 Å². The predicted octanol–water partition coefficient (Wildman–Crippen LogP) is 4.87. The second kappa shape index (κ2) is 16.2. The molecule has 0 saturated heterocycles. The van der Waals surface area contributed by atoms with E-state index in [-0.39, 0.29) is 5.82 Å². The van der Waals surface area contributed by atoms with Crippen molar-refractivity contribution in [3.8, 4) is 0 Å². The summed E-state index contributed by atoms with van der Waals surface area (Å²) in [5.41, 5.74) is 8.92. The van der Waals surface area contributed by atoms with Crippen molar-refractivity contribution in [1.29, 1.82) is 0 Å². The Morgan fingerprint density at radius 1 is 1.30 bits per heavy atom. The molecule has 0 radical (unpaired) electrons. The van der Waals surface area contributed by atoms with Crippen LogP contribution in [-0.2, 0) is 0 Å². The molecule has 164 valence electrons. The van der Waals surface area contributed by atoms with Gasteiger partial charge in [0.05, 0.1) is 17.9 Å². The molecule has 1 aromatic heterocycles. The Morgan fingerprint density at radius 3 is 2.33 bits per heavy atom. The standard InChI is InChI=1S/C9H18N2S.C7H8FN.C6H6N2O/c1-7(2)9(12-6-10)5-8(3)11-4;1-9-7-4-2-6(8)3-5-7;1-5-2-8-6(4-9)3-7-5/h8H,4-6,10H2,1-3H3;2-5,9H,1H3;2-4H,1H3. The number of aromatic nitrogens is 2. The van der Waals surface area contributed by atoms with Gasteiger partial charge in [0.2, 0.25) is 0 Å². The van der Waals surface area contributed by atoms with Crippen LogP contribution in [0.1, 0.15) is 43.4 Å². The lowest BCUT2D eigenvalue weighted by molar-refractivity contribution is 0.111. The van der Waals surface area contributed by atoms with Crippen molar-refractivity contribution in [2.45, 2.75) is 40.2 Å². The molecule has 0 aliphatic rings. The Labute approximate surface area is 183 Å². The number of carbonyl (C=O) groups is 1. The Morgan fingerprint density at radius 2 is 1.93 bits per heavy atom. The van der Waals surface area contributed by atoms with Gasteiger partial charge in [-0.05, 0) is 63.6 Å². The van der Waals surface area contributed by atoms with Gasteiger partial charge >= 0.3 is 0 Å². The molecule has 0 saturated carbocycles. The lowest BCUT2D eigenvalue weighted by Crippen LogP contribution is -2.01. The highest BCUT2D eigenvalue weighted by atomic mass is 32.2. The molecular weight excluding hydrogens is 401 g/mol. The summed E-state index contributed by atoms with van der Waals surface area (Å²) in [4.78, 5) is 22.9. The zero-order valence-corrected chi connectivity index (χ0v) is 19.2. The van der Waals surface area contributed by atoms with Crippen molar-refractivity contribution in [2.75, 3.05) is 18.2 Å². The average Bonchev–Trinajstić information content (AvgIpc) is 2.75. The number of thioether (sulfide) groups is 1. The zero-order chi connectivity index (χ0) is 22.9. The van der Waals surface area contributed by atoms with Gasteiger partial charge in [-0.2, -0.15) is 0 Å². The fourth-order valence-electron chi connectivity index (χ4n) is 1.92. The molecule has 3 N–H and O–H groups in total. The van der Waals surface area contributed by atoms with Crippen LogP contribution in [-0.4, -0.2) is 41.9 Å². The van der Waals surface area contributed by atoms with Gasteiger partial charge < -0.3 is 11.1 Å². The number of rotatable bonds is 7. The van der Waals surface area contributed by atoms with Gasteiger partial charge in [0.15, 0.2) is 6.29 Å². The maximum atomic E-state index is 12.2. The van der Waals surface area contributed by atoms with E-state index in [9.17, 15) is 9.18 Å². The molecule has 2 aromatic rings. The number of hydrogen-bond donors (Lipinski definition) is 2. The van der Waals surface area contributed by atoms with Crippen LogP contribution in [0.25, 0.3) is 0 Å². The predicted molar refractivity (Wildman–Crippen MR) is 127 cm³/mol. The Bertz CT molecular complexity index is 775. The average molecular weight is 434 g/mol. The summed E-state index contributed by atoms with van der Waals surface area (Å²) in [6.07, 6.45) is 4.65. The lowest BCUT2D eigenvalue weighted by atomic mass is 10.2. The monoisotopic (exact) mass is 433 g/mol. The molecule has 0 bridgehead atoms. The zero-order valence-electron chi connectivity index (χ0n) is 18.4. The number of halogens is 1. The number of anilines is 1. The van der Waals surface area contributed by atoms with Crippen LogP contribution in [0.15, 0.2) is 52.1 Å². The number of allylic oxidation sites excluding steroid dienone is 1. The molecule has 1 unspecified atom stereocenters. The van der Waals surface area contributed by atoms with Gasteiger partial charge in [-0.1, -0.05) is 5.57 Å². The van der Waals surface area contributed by atoms with Gasteiger partial charge in [-0.3, -0.25) is 14.8 Å². The van der Waals surface area contributed by atoms with Crippen molar-refractivity contribution in [3.05, 3.63) is 64.3 Å². The van der Waals surface area contributed by atoms with E-state index in [1.807, 2.05) is 6.92 Å². The summed E-state index contributed by atoms with van der Waals surface area (Å²) in [7, 11) is 1.80. The van der Waals surface area contributed by atoms with Gasteiger partial charge in [0.1, 0.15) is 11.5 Å². The molecule has 8 heteroatoms. The van der Waals surface area contributed by atoms with E-state index in [1.54, 1.807) is 37.1 Å². The number of aliphatic imine (C=N–C) groups is 1. The minimum atomic E-state index is -0.200. The summed E-state index contributed by atoms with van der Waals surface area (Å²) < 4.78 is 12.2. The van der Waals surface area contributed by atoms with Gasteiger partial charge in [-0.15, -0.1) is 11.8 Å². The van der Waals surface area contributed by atoms with E-state index in [2.05, 4.69) is 47.8 Å². The van der Waals surface area contributed by atoms with Crippen LogP contribution in [0.3, 0.4) is 0 Å².